The van der Waals surface area contributed by atoms with Gasteiger partial charge in [-0.15, -0.1) is 0 Å². The molecule has 0 aliphatic carbocycles. The first-order chi connectivity index (χ1) is 18.6. The van der Waals surface area contributed by atoms with E-state index in [1.165, 1.54) is 0 Å². The molecule has 1 N–H and O–H groups in total. The summed E-state index contributed by atoms with van der Waals surface area (Å²) in [5.74, 6) is -0.706. The van der Waals surface area contributed by atoms with Crippen LogP contribution in [0.15, 0.2) is 35.0 Å². The summed E-state index contributed by atoms with van der Waals surface area (Å²) < 4.78 is 1.82. The zero-order valence-electron chi connectivity index (χ0n) is 23.4. The van der Waals surface area contributed by atoms with Crippen LogP contribution < -0.4 is 5.32 Å². The van der Waals surface area contributed by atoms with Crippen molar-refractivity contribution in [3.05, 3.63) is 41.2 Å². The molecule has 0 aromatic carbocycles. The lowest BCUT2D eigenvalue weighted by atomic mass is 9.95. The number of pyridine rings is 1. The molecule has 1 saturated heterocycles. The molecule has 39 heavy (non-hydrogen) atoms. The number of hydrogen-bond donors (Lipinski definition) is 1. The van der Waals surface area contributed by atoms with Crippen molar-refractivity contribution < 1.29 is 14.4 Å². The summed E-state index contributed by atoms with van der Waals surface area (Å²) in [7, 11) is 2.05. The van der Waals surface area contributed by atoms with Crippen LogP contribution in [0.4, 0.5) is 0 Å². The van der Waals surface area contributed by atoms with Crippen LogP contribution in [0.1, 0.15) is 62.6 Å². The van der Waals surface area contributed by atoms with Gasteiger partial charge in [0.15, 0.2) is 5.65 Å². The molecule has 2 aromatic rings. The van der Waals surface area contributed by atoms with Crippen molar-refractivity contribution in [2.75, 3.05) is 39.8 Å². The Balaban J connectivity index is 1.39. The Labute approximate surface area is 228 Å². The zero-order chi connectivity index (χ0) is 27.8. The molecular formula is C29H37N7O3. The lowest BCUT2D eigenvalue weighted by Gasteiger charge is -2.29. The summed E-state index contributed by atoms with van der Waals surface area (Å²) in [6, 6.07) is 1.88. The molecule has 1 fully saturated rings. The number of allylic oxidation sites excluding steroid dienone is 1. The largest absolute Gasteiger partial charge is 0.351 e. The number of rotatable bonds is 6. The Morgan fingerprint density at radius 1 is 1.21 bits per heavy atom. The van der Waals surface area contributed by atoms with Gasteiger partial charge in [-0.3, -0.25) is 14.4 Å². The minimum absolute atomic E-state index is 0.0629. The third-order valence-electron chi connectivity index (χ3n) is 7.93. The Kier molecular flexibility index (Phi) is 7.48. The van der Waals surface area contributed by atoms with Crippen molar-refractivity contribution in [2.24, 2.45) is 16.8 Å². The van der Waals surface area contributed by atoms with E-state index in [0.717, 1.165) is 30.7 Å². The molecule has 3 aliphatic heterocycles. The van der Waals surface area contributed by atoms with Gasteiger partial charge in [0.1, 0.15) is 0 Å². The topological polar surface area (TPSA) is 113 Å². The fraction of sp³-hybridized carbons (Fsp3) is 0.517. The van der Waals surface area contributed by atoms with Crippen LogP contribution in [-0.2, 0) is 9.59 Å². The number of amides is 3. The van der Waals surface area contributed by atoms with Gasteiger partial charge in [-0.2, -0.15) is 5.10 Å². The molecule has 10 nitrogen and oxygen atoms in total. The fourth-order valence-corrected chi connectivity index (χ4v) is 5.69. The van der Waals surface area contributed by atoms with Gasteiger partial charge in [-0.05, 0) is 71.8 Å². The average molecular weight is 532 g/mol. The molecule has 2 atom stereocenters. The number of hydrogen-bond acceptors (Lipinski definition) is 6. The normalized spacial score (nSPS) is 22.3. The van der Waals surface area contributed by atoms with E-state index in [1.807, 2.05) is 42.5 Å². The van der Waals surface area contributed by atoms with Gasteiger partial charge in [-0.1, -0.05) is 11.6 Å². The maximum atomic E-state index is 13.5. The number of nitrogens with zero attached hydrogens (tertiary/aromatic N) is 6. The standard InChI is InChI=1S/C29H37N7O3/c1-17(2)36-26-24(15-31-36)22(27(37)30-14-23-18(3)12-19(4)32-28(23)38)13-25(33-26)20-7-10-35(11-8-20)29(39)21-6-9-34(5)16-21/h7,12-13,15,17,21,23H,6,8-11,14,16H2,1-5H3,(H,30,37). The fourth-order valence-electron chi connectivity index (χ4n) is 5.69. The van der Waals surface area contributed by atoms with Crippen LogP contribution in [0.25, 0.3) is 16.6 Å². The second-order valence-electron chi connectivity index (χ2n) is 11.2. The zero-order valence-corrected chi connectivity index (χ0v) is 23.4. The maximum Gasteiger partial charge on any atom is 0.254 e. The third kappa shape index (κ3) is 5.43. The first-order valence-electron chi connectivity index (χ1n) is 13.7. The first kappa shape index (κ1) is 26.9. The molecule has 206 valence electrons. The second kappa shape index (κ2) is 10.8. The molecule has 10 heteroatoms. The van der Waals surface area contributed by atoms with E-state index in [-0.39, 0.29) is 36.2 Å². The maximum absolute atomic E-state index is 13.5. The van der Waals surface area contributed by atoms with Crippen molar-refractivity contribution in [1.29, 1.82) is 0 Å². The van der Waals surface area contributed by atoms with E-state index < -0.39 is 5.92 Å². The number of carbonyl (C=O) groups excluding carboxylic acids is 3. The molecule has 0 bridgehead atoms. The van der Waals surface area contributed by atoms with Crippen molar-refractivity contribution in [3.63, 3.8) is 0 Å². The van der Waals surface area contributed by atoms with Gasteiger partial charge in [0.05, 0.1) is 34.7 Å². The SMILES string of the molecule is CC1=CC(C)=NC(=O)C1CNC(=O)c1cc(C2=CCN(C(=O)C3CCN(C)C3)CC2)nc2c1cnn2C(C)C. The number of nitrogens with one attached hydrogen (secondary N) is 1. The molecule has 0 radical (unpaired) electrons. The molecule has 0 saturated carbocycles. The summed E-state index contributed by atoms with van der Waals surface area (Å²) in [6.07, 6.45) is 7.19. The molecule has 0 spiro atoms. The Bertz CT molecular complexity index is 1420. The molecule has 3 aliphatic rings. The van der Waals surface area contributed by atoms with Gasteiger partial charge in [-0.25, -0.2) is 14.7 Å². The monoisotopic (exact) mass is 531 g/mol. The minimum atomic E-state index is -0.475. The van der Waals surface area contributed by atoms with Crippen LogP contribution in [0, 0.1) is 11.8 Å². The van der Waals surface area contributed by atoms with Gasteiger partial charge < -0.3 is 15.1 Å². The number of aliphatic imine (C=N–C) groups is 1. The minimum Gasteiger partial charge on any atom is -0.351 e. The molecule has 5 rings (SSSR count). The Morgan fingerprint density at radius 2 is 2.00 bits per heavy atom. The van der Waals surface area contributed by atoms with Gasteiger partial charge in [0.25, 0.3) is 11.8 Å². The van der Waals surface area contributed by atoms with Crippen LogP contribution in [0.3, 0.4) is 0 Å². The van der Waals surface area contributed by atoms with Crippen molar-refractivity contribution in [2.45, 2.75) is 46.6 Å². The smallest absolute Gasteiger partial charge is 0.254 e. The van der Waals surface area contributed by atoms with Crippen LogP contribution >= 0.6 is 0 Å². The van der Waals surface area contributed by atoms with Gasteiger partial charge in [0, 0.05) is 37.9 Å². The highest BCUT2D eigenvalue weighted by atomic mass is 16.2. The van der Waals surface area contributed by atoms with E-state index in [9.17, 15) is 14.4 Å². The van der Waals surface area contributed by atoms with Crippen molar-refractivity contribution >= 4 is 40.0 Å². The van der Waals surface area contributed by atoms with E-state index in [1.54, 1.807) is 13.1 Å². The van der Waals surface area contributed by atoms with Crippen molar-refractivity contribution in [3.8, 4) is 0 Å². The van der Waals surface area contributed by atoms with E-state index in [4.69, 9.17) is 4.98 Å². The first-order valence-corrected chi connectivity index (χ1v) is 13.7. The van der Waals surface area contributed by atoms with E-state index in [2.05, 4.69) is 33.4 Å². The Morgan fingerprint density at radius 3 is 2.64 bits per heavy atom. The quantitative estimate of drug-likeness (QED) is 0.613. The second-order valence-corrected chi connectivity index (χ2v) is 11.2. The van der Waals surface area contributed by atoms with Crippen LogP contribution in [0.5, 0.6) is 0 Å². The highest BCUT2D eigenvalue weighted by Crippen LogP contribution is 2.29. The van der Waals surface area contributed by atoms with Gasteiger partial charge >= 0.3 is 0 Å². The summed E-state index contributed by atoms with van der Waals surface area (Å²) in [5, 5.41) is 8.13. The molecule has 2 unspecified atom stereocenters. The number of aromatic nitrogens is 3. The number of fused-ring (bicyclic) bond motifs is 1. The molecule has 5 heterocycles. The summed E-state index contributed by atoms with van der Waals surface area (Å²) in [5.41, 5.74) is 4.41. The number of dihydropyridines is 1. The Hall–Kier alpha value is -3.66. The lowest BCUT2D eigenvalue weighted by Crippen LogP contribution is -2.39. The molecule has 2 aromatic heterocycles. The van der Waals surface area contributed by atoms with Crippen molar-refractivity contribution in [1.82, 2.24) is 29.9 Å². The number of carbonyl (C=O) groups is 3. The van der Waals surface area contributed by atoms with Crippen LogP contribution in [0.2, 0.25) is 0 Å². The summed E-state index contributed by atoms with van der Waals surface area (Å²) in [4.78, 5) is 52.1. The van der Waals surface area contributed by atoms with E-state index >= 15 is 0 Å². The van der Waals surface area contributed by atoms with E-state index in [0.29, 0.717) is 47.5 Å². The average Bonchev–Trinajstić information content (AvgIpc) is 3.53. The molecular weight excluding hydrogens is 494 g/mol. The highest BCUT2D eigenvalue weighted by molar-refractivity contribution is 6.07. The lowest BCUT2D eigenvalue weighted by molar-refractivity contribution is -0.134. The third-order valence-corrected chi connectivity index (χ3v) is 7.93. The van der Waals surface area contributed by atoms with Crippen LogP contribution in [-0.4, -0.2) is 87.8 Å². The predicted molar refractivity (Wildman–Crippen MR) is 150 cm³/mol. The predicted octanol–water partition coefficient (Wildman–Crippen LogP) is 2.87. The number of likely N-dealkylation sites (tertiary alicyclic amines) is 1. The summed E-state index contributed by atoms with van der Waals surface area (Å²) >= 11 is 0. The van der Waals surface area contributed by atoms with Gasteiger partial charge in [0.2, 0.25) is 5.91 Å². The molecule has 3 amide bonds. The highest BCUT2D eigenvalue weighted by Gasteiger charge is 2.31. The summed E-state index contributed by atoms with van der Waals surface area (Å²) in [6.45, 7) is 10.8.